The van der Waals surface area contributed by atoms with Gasteiger partial charge in [0, 0.05) is 37.2 Å². The second-order valence-electron chi connectivity index (χ2n) is 5.38. The topological polar surface area (TPSA) is 54.2 Å². The lowest BCUT2D eigenvalue weighted by Gasteiger charge is -2.38. The SMILES string of the molecule is Nc1ccc(N2CCC(C3CNCCS3)CC2)cn1. The number of piperidine rings is 1. The van der Waals surface area contributed by atoms with Crippen molar-refractivity contribution in [2.45, 2.75) is 18.1 Å². The summed E-state index contributed by atoms with van der Waals surface area (Å²) in [5, 5.41) is 4.34. The number of anilines is 2. The molecule has 0 aliphatic carbocycles. The molecule has 1 unspecified atom stereocenters. The molecule has 2 fully saturated rings. The van der Waals surface area contributed by atoms with Gasteiger partial charge in [0.2, 0.25) is 0 Å². The molecule has 0 amide bonds. The van der Waals surface area contributed by atoms with Crippen LogP contribution in [0.25, 0.3) is 0 Å². The molecule has 5 heteroatoms. The minimum Gasteiger partial charge on any atom is -0.384 e. The molecule has 1 aromatic rings. The van der Waals surface area contributed by atoms with E-state index < -0.39 is 0 Å². The van der Waals surface area contributed by atoms with Crippen LogP contribution >= 0.6 is 11.8 Å². The van der Waals surface area contributed by atoms with E-state index in [0.29, 0.717) is 5.82 Å². The zero-order valence-electron chi connectivity index (χ0n) is 11.2. The molecule has 1 atom stereocenters. The average Bonchev–Trinajstić information content (AvgIpc) is 2.49. The Hall–Kier alpha value is -0.940. The number of nitrogens with zero attached hydrogens (tertiary/aromatic N) is 2. The summed E-state index contributed by atoms with van der Waals surface area (Å²) in [5.74, 6) is 2.74. The van der Waals surface area contributed by atoms with Crippen LogP contribution in [0.2, 0.25) is 0 Å². The van der Waals surface area contributed by atoms with Gasteiger partial charge in [0.05, 0.1) is 11.9 Å². The summed E-state index contributed by atoms with van der Waals surface area (Å²) in [4.78, 5) is 6.62. The van der Waals surface area contributed by atoms with Gasteiger partial charge in [-0.3, -0.25) is 0 Å². The molecule has 4 nitrogen and oxygen atoms in total. The summed E-state index contributed by atoms with van der Waals surface area (Å²) in [7, 11) is 0. The van der Waals surface area contributed by atoms with E-state index in [1.165, 1.54) is 37.4 Å². The van der Waals surface area contributed by atoms with Gasteiger partial charge in [0.1, 0.15) is 5.82 Å². The summed E-state index contributed by atoms with van der Waals surface area (Å²) in [6, 6.07) is 3.97. The fourth-order valence-electron chi connectivity index (χ4n) is 3.00. The summed E-state index contributed by atoms with van der Waals surface area (Å²) in [6.07, 6.45) is 4.49. The Morgan fingerprint density at radius 3 is 2.79 bits per heavy atom. The van der Waals surface area contributed by atoms with Crippen LogP contribution < -0.4 is 16.0 Å². The largest absolute Gasteiger partial charge is 0.384 e. The van der Waals surface area contributed by atoms with Crippen molar-refractivity contribution in [3.8, 4) is 0 Å². The second-order valence-corrected chi connectivity index (χ2v) is 6.73. The number of rotatable bonds is 2. The third kappa shape index (κ3) is 3.15. The smallest absolute Gasteiger partial charge is 0.123 e. The second kappa shape index (κ2) is 6.01. The predicted molar refractivity (Wildman–Crippen MR) is 82.7 cm³/mol. The number of nitrogens with two attached hydrogens (primary N) is 1. The Morgan fingerprint density at radius 2 is 2.16 bits per heavy atom. The molecule has 104 valence electrons. The average molecular weight is 278 g/mol. The van der Waals surface area contributed by atoms with Crippen LogP contribution in [0.1, 0.15) is 12.8 Å². The standard InChI is InChI=1S/C14H22N4S/c15-14-2-1-12(9-17-14)18-6-3-11(4-7-18)13-10-16-5-8-19-13/h1-2,9,11,13,16H,3-8,10H2,(H2,15,17). The number of hydrogen-bond acceptors (Lipinski definition) is 5. The van der Waals surface area contributed by atoms with Gasteiger partial charge >= 0.3 is 0 Å². The molecule has 19 heavy (non-hydrogen) atoms. The van der Waals surface area contributed by atoms with Gasteiger partial charge in [-0.05, 0) is 30.9 Å². The van der Waals surface area contributed by atoms with Crippen molar-refractivity contribution < 1.29 is 0 Å². The van der Waals surface area contributed by atoms with Gasteiger partial charge in [-0.15, -0.1) is 0 Å². The highest BCUT2D eigenvalue weighted by Crippen LogP contribution is 2.31. The van der Waals surface area contributed by atoms with Gasteiger partial charge < -0.3 is 16.0 Å². The van der Waals surface area contributed by atoms with E-state index >= 15 is 0 Å². The lowest BCUT2D eigenvalue weighted by atomic mass is 9.92. The Morgan fingerprint density at radius 1 is 1.32 bits per heavy atom. The summed E-state index contributed by atoms with van der Waals surface area (Å²) >= 11 is 2.16. The zero-order valence-corrected chi connectivity index (χ0v) is 12.0. The van der Waals surface area contributed by atoms with Crippen molar-refractivity contribution in [3.63, 3.8) is 0 Å². The summed E-state index contributed by atoms with van der Waals surface area (Å²) < 4.78 is 0. The Balaban J connectivity index is 1.55. The van der Waals surface area contributed by atoms with Crippen molar-refractivity contribution in [1.82, 2.24) is 10.3 Å². The minimum atomic E-state index is 0.600. The molecule has 3 heterocycles. The molecule has 0 aromatic carbocycles. The fraction of sp³-hybridized carbons (Fsp3) is 0.643. The Bertz CT molecular complexity index is 394. The maximum atomic E-state index is 5.64. The van der Waals surface area contributed by atoms with Crippen molar-refractivity contribution in [2.75, 3.05) is 42.6 Å². The van der Waals surface area contributed by atoms with Crippen LogP contribution in [0.15, 0.2) is 18.3 Å². The first-order valence-corrected chi connectivity index (χ1v) is 8.16. The normalized spacial score (nSPS) is 25.5. The molecular weight excluding hydrogens is 256 g/mol. The van der Waals surface area contributed by atoms with Crippen LogP contribution in [0.5, 0.6) is 0 Å². The molecule has 0 saturated carbocycles. The minimum absolute atomic E-state index is 0.600. The lowest BCUT2D eigenvalue weighted by Crippen LogP contribution is -2.42. The van der Waals surface area contributed by atoms with Crippen molar-refractivity contribution >= 4 is 23.3 Å². The fourth-order valence-corrected chi connectivity index (χ4v) is 4.35. The van der Waals surface area contributed by atoms with E-state index in [-0.39, 0.29) is 0 Å². The first-order chi connectivity index (χ1) is 9.33. The third-order valence-electron chi connectivity index (χ3n) is 4.16. The number of nitrogen functional groups attached to an aromatic ring is 1. The number of hydrogen-bond donors (Lipinski definition) is 2. The van der Waals surface area contributed by atoms with E-state index in [1.807, 2.05) is 12.3 Å². The van der Waals surface area contributed by atoms with Crippen LogP contribution in [0.3, 0.4) is 0 Å². The maximum absolute atomic E-state index is 5.64. The first-order valence-electron chi connectivity index (χ1n) is 7.12. The highest BCUT2D eigenvalue weighted by Gasteiger charge is 2.28. The molecular formula is C14H22N4S. The quantitative estimate of drug-likeness (QED) is 0.860. The molecule has 0 radical (unpaired) electrons. The van der Waals surface area contributed by atoms with Gasteiger partial charge in [0.25, 0.3) is 0 Å². The number of aromatic nitrogens is 1. The lowest BCUT2D eigenvalue weighted by molar-refractivity contribution is 0.381. The summed E-state index contributed by atoms with van der Waals surface area (Å²) in [6.45, 7) is 4.66. The molecule has 0 bridgehead atoms. The van der Waals surface area contributed by atoms with Crippen LogP contribution in [0.4, 0.5) is 11.5 Å². The number of pyridine rings is 1. The molecule has 0 spiro atoms. The van der Waals surface area contributed by atoms with Crippen molar-refractivity contribution in [1.29, 1.82) is 0 Å². The molecule has 2 aliphatic heterocycles. The van der Waals surface area contributed by atoms with Gasteiger partial charge in [-0.1, -0.05) is 0 Å². The zero-order chi connectivity index (χ0) is 13.1. The molecule has 3 rings (SSSR count). The maximum Gasteiger partial charge on any atom is 0.123 e. The number of thioether (sulfide) groups is 1. The van der Waals surface area contributed by atoms with Gasteiger partial charge in [-0.2, -0.15) is 11.8 Å². The third-order valence-corrected chi connectivity index (χ3v) is 5.58. The number of nitrogens with one attached hydrogen (secondary N) is 1. The molecule has 2 saturated heterocycles. The van der Waals surface area contributed by atoms with Gasteiger partial charge in [0.15, 0.2) is 0 Å². The molecule has 1 aromatic heterocycles. The predicted octanol–water partition coefficient (Wildman–Crippen LogP) is 1.59. The first kappa shape index (κ1) is 13.1. The Labute approximate surface area is 119 Å². The highest BCUT2D eigenvalue weighted by atomic mass is 32.2. The van der Waals surface area contributed by atoms with E-state index in [0.717, 1.165) is 24.3 Å². The van der Waals surface area contributed by atoms with Crippen LogP contribution in [-0.4, -0.2) is 42.2 Å². The van der Waals surface area contributed by atoms with E-state index in [4.69, 9.17) is 5.73 Å². The van der Waals surface area contributed by atoms with E-state index in [1.54, 1.807) is 0 Å². The molecule has 3 N–H and O–H groups in total. The monoisotopic (exact) mass is 278 g/mol. The highest BCUT2D eigenvalue weighted by molar-refractivity contribution is 8.00. The van der Waals surface area contributed by atoms with Gasteiger partial charge in [-0.25, -0.2) is 4.98 Å². The van der Waals surface area contributed by atoms with Crippen LogP contribution in [-0.2, 0) is 0 Å². The van der Waals surface area contributed by atoms with E-state index in [2.05, 4.69) is 33.0 Å². The van der Waals surface area contributed by atoms with Crippen molar-refractivity contribution in [3.05, 3.63) is 18.3 Å². The van der Waals surface area contributed by atoms with E-state index in [9.17, 15) is 0 Å². The van der Waals surface area contributed by atoms with Crippen molar-refractivity contribution in [2.24, 2.45) is 5.92 Å². The molecule has 2 aliphatic rings. The Kier molecular flexibility index (Phi) is 4.13. The van der Waals surface area contributed by atoms with Crippen LogP contribution in [0, 0.1) is 5.92 Å². The summed E-state index contributed by atoms with van der Waals surface area (Å²) in [5.41, 5.74) is 6.85.